The summed E-state index contributed by atoms with van der Waals surface area (Å²) in [6.45, 7) is 4.93. The smallest absolute Gasteiger partial charge is 0.119 e. The van der Waals surface area contributed by atoms with Crippen LogP contribution in [0, 0.1) is 18.8 Å². The number of aryl methyl sites for hydroxylation is 1. The van der Waals surface area contributed by atoms with Gasteiger partial charge in [-0.25, -0.2) is 0 Å². The first-order valence-electron chi connectivity index (χ1n) is 6.30. The van der Waals surface area contributed by atoms with Gasteiger partial charge in [0, 0.05) is 12.5 Å². The number of hydrogen-bond donors (Lipinski definition) is 2. The zero-order valence-electron chi connectivity index (χ0n) is 10.4. The molecule has 1 aromatic carbocycles. The molecular formula is C14H21NO2. The Morgan fingerprint density at radius 1 is 1.41 bits per heavy atom. The van der Waals surface area contributed by atoms with E-state index >= 15 is 0 Å². The minimum atomic E-state index is 0.207. The van der Waals surface area contributed by atoms with Crippen molar-refractivity contribution in [2.45, 2.75) is 13.3 Å². The monoisotopic (exact) mass is 235 g/mol. The van der Waals surface area contributed by atoms with E-state index in [1.54, 1.807) is 0 Å². The highest BCUT2D eigenvalue weighted by Crippen LogP contribution is 2.20. The lowest BCUT2D eigenvalue weighted by Crippen LogP contribution is -2.26. The van der Waals surface area contributed by atoms with Crippen molar-refractivity contribution in [1.29, 1.82) is 0 Å². The van der Waals surface area contributed by atoms with Crippen molar-refractivity contribution in [3.05, 3.63) is 29.8 Å². The second kappa shape index (κ2) is 6.03. The first-order valence-corrected chi connectivity index (χ1v) is 6.30. The molecule has 17 heavy (non-hydrogen) atoms. The van der Waals surface area contributed by atoms with Crippen LogP contribution in [0.25, 0.3) is 0 Å². The molecule has 0 saturated carbocycles. The summed E-state index contributed by atoms with van der Waals surface area (Å²) in [5, 5.41) is 12.7. The molecule has 3 nitrogen and oxygen atoms in total. The average Bonchev–Trinajstić information content (AvgIpc) is 2.86. The molecule has 2 N–H and O–H groups in total. The molecule has 1 aromatic rings. The zero-order chi connectivity index (χ0) is 12.1. The third kappa shape index (κ3) is 3.45. The van der Waals surface area contributed by atoms with Gasteiger partial charge in [0.25, 0.3) is 0 Å². The molecule has 0 aliphatic carbocycles. The maximum atomic E-state index is 9.40. The lowest BCUT2D eigenvalue weighted by atomic mass is 9.93. The van der Waals surface area contributed by atoms with Gasteiger partial charge in [0.1, 0.15) is 5.75 Å². The van der Waals surface area contributed by atoms with Crippen LogP contribution >= 0.6 is 0 Å². The van der Waals surface area contributed by atoms with Gasteiger partial charge in [0.2, 0.25) is 0 Å². The Kier molecular flexibility index (Phi) is 4.40. The summed E-state index contributed by atoms with van der Waals surface area (Å²) in [6, 6.07) is 8.05. The highest BCUT2D eigenvalue weighted by atomic mass is 16.5. The first-order chi connectivity index (χ1) is 8.29. The first kappa shape index (κ1) is 12.4. The van der Waals surface area contributed by atoms with Gasteiger partial charge in [-0.1, -0.05) is 17.7 Å². The quantitative estimate of drug-likeness (QED) is 0.814. The fourth-order valence-electron chi connectivity index (χ4n) is 2.25. The van der Waals surface area contributed by atoms with Crippen LogP contribution in [0.5, 0.6) is 5.75 Å². The highest BCUT2D eigenvalue weighted by molar-refractivity contribution is 5.26. The predicted molar refractivity (Wildman–Crippen MR) is 68.2 cm³/mol. The fraction of sp³-hybridized carbons (Fsp3) is 0.571. The molecule has 2 unspecified atom stereocenters. The van der Waals surface area contributed by atoms with E-state index in [-0.39, 0.29) is 12.5 Å². The van der Waals surface area contributed by atoms with Gasteiger partial charge >= 0.3 is 0 Å². The fourth-order valence-corrected chi connectivity index (χ4v) is 2.25. The van der Waals surface area contributed by atoms with Crippen molar-refractivity contribution in [3.8, 4) is 5.75 Å². The molecule has 1 heterocycles. The van der Waals surface area contributed by atoms with Gasteiger partial charge in [0.15, 0.2) is 0 Å². The largest absolute Gasteiger partial charge is 0.493 e. The van der Waals surface area contributed by atoms with Crippen LogP contribution in [0.1, 0.15) is 12.0 Å². The molecule has 0 spiro atoms. The van der Waals surface area contributed by atoms with Crippen molar-refractivity contribution in [2.75, 3.05) is 26.3 Å². The predicted octanol–water partition coefficient (Wildman–Crippen LogP) is 1.59. The third-order valence-electron chi connectivity index (χ3n) is 3.48. The molecule has 2 atom stereocenters. The summed E-state index contributed by atoms with van der Waals surface area (Å²) < 4.78 is 5.74. The zero-order valence-corrected chi connectivity index (χ0v) is 10.4. The van der Waals surface area contributed by atoms with E-state index in [4.69, 9.17) is 4.74 Å². The molecule has 0 aromatic heterocycles. The number of rotatable bonds is 5. The molecule has 0 amide bonds. The Morgan fingerprint density at radius 2 is 2.18 bits per heavy atom. The van der Waals surface area contributed by atoms with Crippen molar-refractivity contribution in [1.82, 2.24) is 5.32 Å². The molecule has 2 rings (SSSR count). The highest BCUT2D eigenvalue weighted by Gasteiger charge is 2.24. The molecule has 1 fully saturated rings. The van der Waals surface area contributed by atoms with Crippen LogP contribution in [0.2, 0.25) is 0 Å². The normalized spacial score (nSPS) is 21.4. The molecule has 1 aliphatic rings. The van der Waals surface area contributed by atoms with Crippen molar-refractivity contribution in [3.63, 3.8) is 0 Å². The Balaban J connectivity index is 1.84. The van der Waals surface area contributed by atoms with Gasteiger partial charge in [-0.2, -0.15) is 0 Å². The Morgan fingerprint density at radius 3 is 2.76 bits per heavy atom. The summed E-state index contributed by atoms with van der Waals surface area (Å²) >= 11 is 0. The molecule has 3 heteroatoms. The number of aliphatic hydroxyl groups excluding tert-OH is 1. The second-order valence-corrected chi connectivity index (χ2v) is 4.82. The average molecular weight is 235 g/mol. The number of benzene rings is 1. The lowest BCUT2D eigenvalue weighted by molar-refractivity contribution is 0.124. The minimum Gasteiger partial charge on any atom is -0.493 e. The summed E-state index contributed by atoms with van der Waals surface area (Å²) in [5.41, 5.74) is 1.23. The van der Waals surface area contributed by atoms with Crippen molar-refractivity contribution in [2.24, 2.45) is 11.8 Å². The number of nitrogens with one attached hydrogen (secondary N) is 1. The van der Waals surface area contributed by atoms with Crippen molar-refractivity contribution >= 4 is 0 Å². The Hall–Kier alpha value is -1.06. The molecule has 94 valence electrons. The van der Waals surface area contributed by atoms with Gasteiger partial charge in [0.05, 0.1) is 6.61 Å². The van der Waals surface area contributed by atoms with Crippen LogP contribution in [0.15, 0.2) is 24.3 Å². The maximum absolute atomic E-state index is 9.40. The van der Waals surface area contributed by atoms with Gasteiger partial charge < -0.3 is 15.2 Å². The molecule has 0 radical (unpaired) electrons. The number of hydrogen-bond acceptors (Lipinski definition) is 3. The Bertz CT molecular complexity index is 331. The summed E-state index contributed by atoms with van der Waals surface area (Å²) in [7, 11) is 0. The summed E-state index contributed by atoms with van der Waals surface area (Å²) in [4.78, 5) is 0. The molecular weight excluding hydrogens is 214 g/mol. The van der Waals surface area contributed by atoms with E-state index in [2.05, 4.69) is 12.2 Å². The standard InChI is InChI=1S/C14H21NO2/c1-11-2-4-14(5-3-11)17-10-13(9-16)12-6-7-15-8-12/h2-5,12-13,15-16H,6-10H2,1H3. The van der Waals surface area contributed by atoms with Gasteiger partial charge in [-0.15, -0.1) is 0 Å². The lowest BCUT2D eigenvalue weighted by Gasteiger charge is -2.20. The Labute approximate surface area is 103 Å². The molecule has 0 bridgehead atoms. The molecule has 1 aliphatic heterocycles. The van der Waals surface area contributed by atoms with Gasteiger partial charge in [-0.3, -0.25) is 0 Å². The molecule has 1 saturated heterocycles. The van der Waals surface area contributed by atoms with E-state index in [0.29, 0.717) is 12.5 Å². The van der Waals surface area contributed by atoms with E-state index in [0.717, 1.165) is 25.3 Å². The maximum Gasteiger partial charge on any atom is 0.119 e. The summed E-state index contributed by atoms with van der Waals surface area (Å²) in [5.74, 6) is 1.68. The third-order valence-corrected chi connectivity index (χ3v) is 3.48. The van der Waals surface area contributed by atoms with Crippen LogP contribution in [-0.4, -0.2) is 31.4 Å². The topological polar surface area (TPSA) is 41.5 Å². The van der Waals surface area contributed by atoms with E-state index in [9.17, 15) is 5.11 Å². The minimum absolute atomic E-state index is 0.207. The van der Waals surface area contributed by atoms with Crippen LogP contribution in [0.3, 0.4) is 0 Å². The second-order valence-electron chi connectivity index (χ2n) is 4.82. The number of aliphatic hydroxyl groups is 1. The van der Waals surface area contributed by atoms with Crippen LogP contribution in [-0.2, 0) is 0 Å². The van der Waals surface area contributed by atoms with Gasteiger partial charge in [-0.05, 0) is 44.5 Å². The summed E-state index contributed by atoms with van der Waals surface area (Å²) in [6.07, 6.45) is 1.14. The van der Waals surface area contributed by atoms with E-state index in [1.165, 1.54) is 5.56 Å². The SMILES string of the molecule is Cc1ccc(OCC(CO)C2CCNC2)cc1. The van der Waals surface area contributed by atoms with E-state index in [1.807, 2.05) is 24.3 Å². The van der Waals surface area contributed by atoms with Crippen LogP contribution < -0.4 is 10.1 Å². The van der Waals surface area contributed by atoms with Crippen molar-refractivity contribution < 1.29 is 9.84 Å². The number of ether oxygens (including phenoxy) is 1. The van der Waals surface area contributed by atoms with E-state index < -0.39 is 0 Å². The van der Waals surface area contributed by atoms with Crippen LogP contribution in [0.4, 0.5) is 0 Å².